The first kappa shape index (κ1) is 9.47. The van der Waals surface area contributed by atoms with Crippen LogP contribution in [0.15, 0.2) is 43.0 Å². The molecule has 2 atom stereocenters. The van der Waals surface area contributed by atoms with Crippen LogP contribution in [-0.4, -0.2) is 5.11 Å². The second-order valence-corrected chi connectivity index (χ2v) is 4.01. The maximum atomic E-state index is 10.1. The van der Waals surface area contributed by atoms with Gasteiger partial charge in [-0.2, -0.15) is 0 Å². The fourth-order valence-electron chi connectivity index (χ4n) is 1.93. The number of rotatable bonds is 4. The van der Waals surface area contributed by atoms with E-state index >= 15 is 0 Å². The molecule has 0 aliphatic heterocycles. The van der Waals surface area contributed by atoms with Crippen molar-refractivity contribution < 1.29 is 5.11 Å². The molecule has 1 saturated carbocycles. The van der Waals surface area contributed by atoms with Crippen LogP contribution < -0.4 is 0 Å². The van der Waals surface area contributed by atoms with Gasteiger partial charge in [-0.25, -0.2) is 0 Å². The fourth-order valence-corrected chi connectivity index (χ4v) is 1.93. The smallest absolute Gasteiger partial charge is 0.0855 e. The van der Waals surface area contributed by atoms with Crippen molar-refractivity contribution in [2.24, 2.45) is 11.8 Å². The summed E-state index contributed by atoms with van der Waals surface area (Å²) in [5, 5.41) is 10.1. The summed E-state index contributed by atoms with van der Waals surface area (Å²) < 4.78 is 0. The minimum atomic E-state index is -0.374. The van der Waals surface area contributed by atoms with Gasteiger partial charge >= 0.3 is 0 Å². The highest BCUT2D eigenvalue weighted by atomic mass is 16.3. The van der Waals surface area contributed by atoms with E-state index in [2.05, 4.69) is 6.58 Å². The monoisotopic (exact) mass is 188 g/mol. The summed E-state index contributed by atoms with van der Waals surface area (Å²) in [6.45, 7) is 3.81. The van der Waals surface area contributed by atoms with Crippen molar-refractivity contribution in [3.05, 3.63) is 48.6 Å². The number of hydrogen-bond donors (Lipinski definition) is 1. The molecule has 1 aromatic rings. The summed E-state index contributed by atoms with van der Waals surface area (Å²) in [6.07, 6.45) is 4.00. The minimum Gasteiger partial charge on any atom is -0.388 e. The van der Waals surface area contributed by atoms with Gasteiger partial charge in [0.25, 0.3) is 0 Å². The Balaban J connectivity index is 2.13. The molecule has 14 heavy (non-hydrogen) atoms. The maximum Gasteiger partial charge on any atom is 0.0855 e. The van der Waals surface area contributed by atoms with Crippen molar-refractivity contribution in [2.75, 3.05) is 0 Å². The summed E-state index contributed by atoms with van der Waals surface area (Å²) in [6, 6.07) is 9.85. The SMILES string of the molecule is C=C[C@H](C1CC1)[C@H](O)c1ccccc1. The second kappa shape index (κ2) is 3.97. The molecule has 0 amide bonds. The molecule has 2 rings (SSSR count). The molecule has 0 radical (unpaired) electrons. The van der Waals surface area contributed by atoms with E-state index in [9.17, 15) is 5.11 Å². The molecule has 1 aliphatic rings. The highest BCUT2D eigenvalue weighted by molar-refractivity contribution is 5.20. The average Bonchev–Trinajstić information content (AvgIpc) is 3.04. The maximum absolute atomic E-state index is 10.1. The largest absolute Gasteiger partial charge is 0.388 e. The average molecular weight is 188 g/mol. The third kappa shape index (κ3) is 1.88. The van der Waals surface area contributed by atoms with Crippen LogP contribution in [0.25, 0.3) is 0 Å². The summed E-state index contributed by atoms with van der Waals surface area (Å²) in [5.41, 5.74) is 1.00. The first-order chi connectivity index (χ1) is 6.83. The number of aliphatic hydroxyl groups excluding tert-OH is 1. The molecule has 0 aromatic heterocycles. The van der Waals surface area contributed by atoms with Crippen molar-refractivity contribution in [2.45, 2.75) is 18.9 Å². The molecule has 1 aliphatic carbocycles. The molecule has 1 fully saturated rings. The molecule has 0 unspecified atom stereocenters. The van der Waals surface area contributed by atoms with Crippen molar-refractivity contribution >= 4 is 0 Å². The molecule has 1 N–H and O–H groups in total. The van der Waals surface area contributed by atoms with E-state index in [1.807, 2.05) is 36.4 Å². The Labute approximate surface area is 85.1 Å². The Morgan fingerprint density at radius 3 is 2.43 bits per heavy atom. The lowest BCUT2D eigenvalue weighted by molar-refractivity contribution is 0.121. The molecule has 74 valence electrons. The van der Waals surface area contributed by atoms with E-state index in [0.717, 1.165) is 5.56 Å². The predicted octanol–water partition coefficient (Wildman–Crippen LogP) is 2.93. The van der Waals surface area contributed by atoms with Crippen molar-refractivity contribution in [3.63, 3.8) is 0 Å². The quantitative estimate of drug-likeness (QED) is 0.720. The summed E-state index contributed by atoms with van der Waals surface area (Å²) in [5.74, 6) is 0.889. The van der Waals surface area contributed by atoms with Crippen molar-refractivity contribution in [1.82, 2.24) is 0 Å². The molecule has 1 heteroatoms. The van der Waals surface area contributed by atoms with Gasteiger partial charge in [-0.15, -0.1) is 6.58 Å². The van der Waals surface area contributed by atoms with E-state index in [1.54, 1.807) is 0 Å². The Bertz CT molecular complexity index is 300. The lowest BCUT2D eigenvalue weighted by Crippen LogP contribution is -2.11. The molecule has 0 heterocycles. The topological polar surface area (TPSA) is 20.2 Å². The zero-order valence-corrected chi connectivity index (χ0v) is 8.26. The Kier molecular flexibility index (Phi) is 2.69. The molecule has 0 saturated heterocycles. The van der Waals surface area contributed by atoms with Crippen LogP contribution in [0, 0.1) is 11.8 Å². The van der Waals surface area contributed by atoms with E-state index in [-0.39, 0.29) is 12.0 Å². The molecule has 0 bridgehead atoms. The minimum absolute atomic E-state index is 0.234. The van der Waals surface area contributed by atoms with Gasteiger partial charge < -0.3 is 5.11 Å². The van der Waals surface area contributed by atoms with Crippen LogP contribution in [-0.2, 0) is 0 Å². The van der Waals surface area contributed by atoms with Crippen LogP contribution in [0.4, 0.5) is 0 Å². The highest BCUT2D eigenvalue weighted by Gasteiger charge is 2.34. The van der Waals surface area contributed by atoms with Gasteiger partial charge in [0, 0.05) is 5.92 Å². The van der Waals surface area contributed by atoms with Gasteiger partial charge in [0.05, 0.1) is 6.10 Å². The van der Waals surface area contributed by atoms with Crippen molar-refractivity contribution in [3.8, 4) is 0 Å². The van der Waals surface area contributed by atoms with E-state index in [1.165, 1.54) is 12.8 Å². The van der Waals surface area contributed by atoms with E-state index in [4.69, 9.17) is 0 Å². The molecule has 1 aromatic carbocycles. The molecular weight excluding hydrogens is 172 g/mol. The Morgan fingerprint density at radius 1 is 1.29 bits per heavy atom. The van der Waals surface area contributed by atoms with Crippen LogP contribution in [0.5, 0.6) is 0 Å². The van der Waals surface area contributed by atoms with Crippen LogP contribution >= 0.6 is 0 Å². The summed E-state index contributed by atoms with van der Waals surface area (Å²) in [7, 11) is 0. The highest BCUT2D eigenvalue weighted by Crippen LogP contribution is 2.43. The lowest BCUT2D eigenvalue weighted by atomic mass is 9.92. The molecular formula is C13H16O. The van der Waals surface area contributed by atoms with E-state index < -0.39 is 0 Å². The first-order valence-electron chi connectivity index (χ1n) is 5.18. The van der Waals surface area contributed by atoms with Gasteiger partial charge in [0.2, 0.25) is 0 Å². The van der Waals surface area contributed by atoms with Crippen LogP contribution in [0.2, 0.25) is 0 Å². The zero-order valence-electron chi connectivity index (χ0n) is 8.26. The number of benzene rings is 1. The second-order valence-electron chi connectivity index (χ2n) is 4.01. The molecule has 0 spiro atoms. The predicted molar refractivity (Wildman–Crippen MR) is 57.8 cm³/mol. The Hall–Kier alpha value is -1.08. The first-order valence-corrected chi connectivity index (χ1v) is 5.18. The fraction of sp³-hybridized carbons (Fsp3) is 0.385. The van der Waals surface area contributed by atoms with Crippen LogP contribution in [0.3, 0.4) is 0 Å². The summed E-state index contributed by atoms with van der Waals surface area (Å²) >= 11 is 0. The standard InChI is InChI=1S/C13H16O/c1-2-12(10-8-9-10)13(14)11-6-4-3-5-7-11/h2-7,10,12-14H,1,8-9H2/t12-,13-/m1/s1. The van der Waals surface area contributed by atoms with Gasteiger partial charge in [0.1, 0.15) is 0 Å². The van der Waals surface area contributed by atoms with Crippen molar-refractivity contribution in [1.29, 1.82) is 0 Å². The van der Waals surface area contributed by atoms with E-state index in [0.29, 0.717) is 5.92 Å². The van der Waals surface area contributed by atoms with Gasteiger partial charge in [-0.1, -0.05) is 36.4 Å². The normalized spacial score (nSPS) is 20.1. The third-order valence-electron chi connectivity index (χ3n) is 2.94. The number of hydrogen-bond acceptors (Lipinski definition) is 1. The zero-order chi connectivity index (χ0) is 9.97. The van der Waals surface area contributed by atoms with Crippen LogP contribution in [0.1, 0.15) is 24.5 Å². The lowest BCUT2D eigenvalue weighted by Gasteiger charge is -2.19. The third-order valence-corrected chi connectivity index (χ3v) is 2.94. The Morgan fingerprint density at radius 2 is 1.93 bits per heavy atom. The van der Waals surface area contributed by atoms with Gasteiger partial charge in [-0.05, 0) is 24.3 Å². The summed E-state index contributed by atoms with van der Waals surface area (Å²) in [4.78, 5) is 0. The number of aliphatic hydroxyl groups is 1. The van der Waals surface area contributed by atoms with Gasteiger partial charge in [0.15, 0.2) is 0 Å². The molecule has 1 nitrogen and oxygen atoms in total. The van der Waals surface area contributed by atoms with Gasteiger partial charge in [-0.3, -0.25) is 0 Å².